The molecule has 0 bridgehead atoms. The monoisotopic (exact) mass is 253 g/mol. The van der Waals surface area contributed by atoms with Gasteiger partial charge in [-0.3, -0.25) is 4.79 Å². The number of hydrogen-bond acceptors (Lipinski definition) is 3. The lowest BCUT2D eigenvalue weighted by Gasteiger charge is -2.30. The third-order valence-corrected chi connectivity index (χ3v) is 4.92. The second-order valence-corrected chi connectivity index (χ2v) is 6.26. The van der Waals surface area contributed by atoms with Gasteiger partial charge in [0.2, 0.25) is 0 Å². The van der Waals surface area contributed by atoms with Gasteiger partial charge in [0.25, 0.3) is 0 Å². The van der Waals surface area contributed by atoms with E-state index in [0.29, 0.717) is 11.7 Å². The van der Waals surface area contributed by atoms with Crippen LogP contribution in [0.2, 0.25) is 0 Å². The summed E-state index contributed by atoms with van der Waals surface area (Å²) < 4.78 is 0. The maximum absolute atomic E-state index is 12.0. The molecule has 18 heavy (non-hydrogen) atoms. The SMILES string of the molecule is CCC1CCC(=O)C(CN2CCC(C(C)O)C2)C1. The number of carbonyl (C=O) groups is 1. The normalized spacial score (nSPS) is 35.9. The predicted molar refractivity (Wildman–Crippen MR) is 72.4 cm³/mol. The Bertz CT molecular complexity index is 290. The van der Waals surface area contributed by atoms with Gasteiger partial charge in [0.15, 0.2) is 0 Å². The van der Waals surface area contributed by atoms with Gasteiger partial charge in [-0.05, 0) is 44.6 Å². The Hall–Kier alpha value is -0.410. The molecule has 1 heterocycles. The molecule has 2 fully saturated rings. The maximum atomic E-state index is 12.0. The van der Waals surface area contributed by atoms with Crippen molar-refractivity contribution >= 4 is 5.78 Å². The molecule has 1 saturated heterocycles. The van der Waals surface area contributed by atoms with Crippen molar-refractivity contribution in [3.63, 3.8) is 0 Å². The summed E-state index contributed by atoms with van der Waals surface area (Å²) in [6, 6.07) is 0. The highest BCUT2D eigenvalue weighted by Crippen LogP contribution is 2.30. The molecule has 0 amide bonds. The number of aliphatic hydroxyl groups excluding tert-OH is 1. The Morgan fingerprint density at radius 1 is 1.44 bits per heavy atom. The number of Topliss-reactive ketones (excluding diaryl/α,β-unsaturated/α-hetero) is 1. The first kappa shape index (κ1) is 14.0. The van der Waals surface area contributed by atoms with Crippen LogP contribution in [0.4, 0.5) is 0 Å². The molecule has 3 nitrogen and oxygen atoms in total. The number of aliphatic hydroxyl groups is 1. The van der Waals surface area contributed by atoms with Crippen LogP contribution < -0.4 is 0 Å². The van der Waals surface area contributed by atoms with Crippen molar-refractivity contribution in [3.05, 3.63) is 0 Å². The van der Waals surface area contributed by atoms with Crippen molar-refractivity contribution in [2.75, 3.05) is 19.6 Å². The van der Waals surface area contributed by atoms with Gasteiger partial charge in [-0.2, -0.15) is 0 Å². The van der Waals surface area contributed by atoms with E-state index >= 15 is 0 Å². The summed E-state index contributed by atoms with van der Waals surface area (Å²) in [7, 11) is 0. The second kappa shape index (κ2) is 6.16. The van der Waals surface area contributed by atoms with Crippen LogP contribution in [0.25, 0.3) is 0 Å². The Morgan fingerprint density at radius 2 is 2.22 bits per heavy atom. The number of likely N-dealkylation sites (tertiary alicyclic amines) is 1. The van der Waals surface area contributed by atoms with E-state index in [1.54, 1.807) is 0 Å². The minimum absolute atomic E-state index is 0.208. The van der Waals surface area contributed by atoms with E-state index in [2.05, 4.69) is 11.8 Å². The van der Waals surface area contributed by atoms with Crippen LogP contribution in [0, 0.1) is 17.8 Å². The average Bonchev–Trinajstić information content (AvgIpc) is 2.81. The zero-order valence-corrected chi connectivity index (χ0v) is 11.8. The highest BCUT2D eigenvalue weighted by molar-refractivity contribution is 5.81. The standard InChI is InChI=1S/C15H27NO2/c1-3-12-4-5-15(18)14(8-12)10-16-7-6-13(9-16)11(2)17/h11-14,17H,3-10H2,1-2H3. The van der Waals surface area contributed by atoms with Crippen LogP contribution in [0.3, 0.4) is 0 Å². The lowest BCUT2D eigenvalue weighted by Crippen LogP contribution is -2.36. The van der Waals surface area contributed by atoms with Gasteiger partial charge in [-0.15, -0.1) is 0 Å². The summed E-state index contributed by atoms with van der Waals surface area (Å²) in [5.41, 5.74) is 0. The van der Waals surface area contributed by atoms with Gasteiger partial charge in [0.1, 0.15) is 5.78 Å². The van der Waals surface area contributed by atoms with Crippen LogP contribution in [-0.2, 0) is 4.79 Å². The van der Waals surface area contributed by atoms with Gasteiger partial charge in [0, 0.05) is 25.4 Å². The van der Waals surface area contributed by atoms with E-state index in [-0.39, 0.29) is 12.0 Å². The van der Waals surface area contributed by atoms with Crippen molar-refractivity contribution in [2.24, 2.45) is 17.8 Å². The number of nitrogens with zero attached hydrogens (tertiary/aromatic N) is 1. The molecule has 4 atom stereocenters. The maximum Gasteiger partial charge on any atom is 0.137 e. The third-order valence-electron chi connectivity index (χ3n) is 4.92. The Balaban J connectivity index is 1.83. The largest absolute Gasteiger partial charge is 0.393 e. The third kappa shape index (κ3) is 3.33. The lowest BCUT2D eigenvalue weighted by atomic mass is 9.79. The predicted octanol–water partition coefficient (Wildman–Crippen LogP) is 2.08. The van der Waals surface area contributed by atoms with Crippen LogP contribution in [0.1, 0.15) is 46.0 Å². The smallest absolute Gasteiger partial charge is 0.137 e. The first-order valence-corrected chi connectivity index (χ1v) is 7.53. The minimum atomic E-state index is -0.208. The van der Waals surface area contributed by atoms with Gasteiger partial charge in [-0.1, -0.05) is 13.3 Å². The number of carbonyl (C=O) groups excluding carboxylic acids is 1. The highest BCUT2D eigenvalue weighted by Gasteiger charge is 2.32. The minimum Gasteiger partial charge on any atom is -0.393 e. The molecule has 2 aliphatic rings. The van der Waals surface area contributed by atoms with Crippen molar-refractivity contribution in [3.8, 4) is 0 Å². The van der Waals surface area contributed by atoms with Crippen LogP contribution in [0.5, 0.6) is 0 Å². The summed E-state index contributed by atoms with van der Waals surface area (Å²) in [4.78, 5) is 14.4. The Labute approximate surface area is 111 Å². The van der Waals surface area contributed by atoms with Gasteiger partial charge in [0.05, 0.1) is 6.10 Å². The van der Waals surface area contributed by atoms with Crippen molar-refractivity contribution in [1.29, 1.82) is 0 Å². The van der Waals surface area contributed by atoms with Crippen LogP contribution in [0.15, 0.2) is 0 Å². The van der Waals surface area contributed by atoms with Gasteiger partial charge >= 0.3 is 0 Å². The summed E-state index contributed by atoms with van der Waals surface area (Å²) in [6.07, 6.45) is 5.06. The molecule has 0 radical (unpaired) electrons. The number of hydrogen-bond donors (Lipinski definition) is 1. The molecule has 0 aromatic heterocycles. The van der Waals surface area contributed by atoms with Crippen molar-refractivity contribution in [1.82, 2.24) is 4.90 Å². The summed E-state index contributed by atoms with van der Waals surface area (Å²) in [5.74, 6) is 1.89. The Morgan fingerprint density at radius 3 is 2.83 bits per heavy atom. The van der Waals surface area contributed by atoms with Crippen molar-refractivity contribution in [2.45, 2.75) is 52.1 Å². The number of ketones is 1. The van der Waals surface area contributed by atoms with Gasteiger partial charge in [-0.25, -0.2) is 0 Å². The molecule has 1 saturated carbocycles. The zero-order chi connectivity index (χ0) is 13.1. The lowest BCUT2D eigenvalue weighted by molar-refractivity contribution is -0.126. The molecular formula is C15H27NO2. The van der Waals surface area contributed by atoms with E-state index in [9.17, 15) is 9.90 Å². The fourth-order valence-corrected chi connectivity index (χ4v) is 3.48. The van der Waals surface area contributed by atoms with E-state index in [0.717, 1.165) is 51.2 Å². The second-order valence-electron chi connectivity index (χ2n) is 6.26. The molecule has 4 unspecified atom stereocenters. The molecule has 0 aromatic carbocycles. The molecule has 0 aromatic rings. The topological polar surface area (TPSA) is 40.5 Å². The summed E-state index contributed by atoms with van der Waals surface area (Å²) in [6.45, 7) is 7.07. The molecule has 104 valence electrons. The fourth-order valence-electron chi connectivity index (χ4n) is 3.48. The van der Waals surface area contributed by atoms with Crippen LogP contribution in [-0.4, -0.2) is 41.5 Å². The Kier molecular flexibility index (Phi) is 4.79. The van der Waals surface area contributed by atoms with E-state index in [1.165, 1.54) is 6.42 Å². The van der Waals surface area contributed by atoms with E-state index in [4.69, 9.17) is 0 Å². The molecule has 1 N–H and O–H groups in total. The van der Waals surface area contributed by atoms with Crippen molar-refractivity contribution < 1.29 is 9.90 Å². The van der Waals surface area contributed by atoms with Crippen LogP contribution >= 0.6 is 0 Å². The first-order valence-electron chi connectivity index (χ1n) is 7.53. The molecular weight excluding hydrogens is 226 g/mol. The quantitative estimate of drug-likeness (QED) is 0.834. The molecule has 0 spiro atoms. The summed E-state index contributed by atoms with van der Waals surface area (Å²) in [5, 5.41) is 9.61. The molecule has 2 rings (SSSR count). The number of rotatable bonds is 4. The van der Waals surface area contributed by atoms with E-state index < -0.39 is 0 Å². The zero-order valence-electron chi connectivity index (χ0n) is 11.8. The first-order chi connectivity index (χ1) is 8.60. The molecule has 1 aliphatic heterocycles. The van der Waals surface area contributed by atoms with E-state index in [1.807, 2.05) is 6.92 Å². The molecule has 1 aliphatic carbocycles. The highest BCUT2D eigenvalue weighted by atomic mass is 16.3. The fraction of sp³-hybridized carbons (Fsp3) is 0.933. The average molecular weight is 253 g/mol. The molecule has 3 heteroatoms. The summed E-state index contributed by atoms with van der Waals surface area (Å²) >= 11 is 0. The van der Waals surface area contributed by atoms with Gasteiger partial charge < -0.3 is 10.0 Å².